The first kappa shape index (κ1) is 12.3. The summed E-state index contributed by atoms with van der Waals surface area (Å²) in [5, 5.41) is 8.53. The Labute approximate surface area is 94.1 Å². The zero-order chi connectivity index (χ0) is 11.8. The van der Waals surface area contributed by atoms with E-state index in [4.69, 9.17) is 14.6 Å². The van der Waals surface area contributed by atoms with Crippen LogP contribution in [0.3, 0.4) is 0 Å². The second kappa shape index (κ2) is 6.63. The van der Waals surface area contributed by atoms with Gasteiger partial charge in [-0.05, 0) is 12.1 Å². The third-order valence-corrected chi connectivity index (χ3v) is 1.87. The van der Waals surface area contributed by atoms with E-state index in [9.17, 15) is 4.79 Å². The number of carboxylic acid groups (broad SMARTS) is 1. The lowest BCUT2D eigenvalue weighted by Gasteiger charge is -2.08. The number of ether oxygens (including phenoxy) is 2. The molecule has 0 spiro atoms. The van der Waals surface area contributed by atoms with Gasteiger partial charge in [-0.2, -0.15) is 0 Å². The topological polar surface area (TPSA) is 55.8 Å². The van der Waals surface area contributed by atoms with Crippen LogP contribution in [0, 0.1) is 0 Å². The quantitative estimate of drug-likeness (QED) is 0.589. The zero-order valence-electron chi connectivity index (χ0n) is 9.05. The Bertz CT molecular complexity index is 371. The van der Waals surface area contributed by atoms with E-state index in [2.05, 4.69) is 0 Å². The van der Waals surface area contributed by atoms with Crippen molar-refractivity contribution in [1.29, 1.82) is 0 Å². The molecular weight excluding hydrogens is 208 g/mol. The van der Waals surface area contributed by atoms with E-state index in [1.165, 1.54) is 6.08 Å². The Hall–Kier alpha value is -1.81. The predicted octanol–water partition coefficient (Wildman–Crippen LogP) is 1.81. The van der Waals surface area contributed by atoms with E-state index < -0.39 is 5.97 Å². The molecule has 1 aromatic carbocycles. The molecule has 0 atom stereocenters. The van der Waals surface area contributed by atoms with E-state index in [-0.39, 0.29) is 0 Å². The summed E-state index contributed by atoms with van der Waals surface area (Å²) in [5.41, 5.74) is 0.737. The molecule has 1 N–H and O–H groups in total. The van der Waals surface area contributed by atoms with Crippen molar-refractivity contribution in [3.05, 3.63) is 35.9 Å². The van der Waals surface area contributed by atoms with Crippen molar-refractivity contribution in [3.63, 3.8) is 0 Å². The van der Waals surface area contributed by atoms with Crippen LogP contribution in [0.5, 0.6) is 5.75 Å². The van der Waals surface area contributed by atoms with Crippen LogP contribution in [0.1, 0.15) is 5.56 Å². The van der Waals surface area contributed by atoms with Gasteiger partial charge in [-0.1, -0.05) is 18.2 Å². The number of para-hydroxylation sites is 1. The number of carboxylic acids is 1. The molecule has 0 saturated carbocycles. The molecule has 0 aromatic heterocycles. The number of benzene rings is 1. The van der Waals surface area contributed by atoms with Crippen molar-refractivity contribution in [1.82, 2.24) is 0 Å². The van der Waals surface area contributed by atoms with Gasteiger partial charge in [0.2, 0.25) is 0 Å². The highest BCUT2D eigenvalue weighted by Crippen LogP contribution is 2.19. The van der Waals surface area contributed by atoms with Crippen LogP contribution in [0.4, 0.5) is 0 Å². The molecule has 0 bridgehead atoms. The molecule has 4 nitrogen and oxygen atoms in total. The van der Waals surface area contributed by atoms with Crippen molar-refractivity contribution >= 4 is 12.0 Å². The maximum absolute atomic E-state index is 10.4. The summed E-state index contributed by atoms with van der Waals surface area (Å²) < 4.78 is 10.3. The smallest absolute Gasteiger partial charge is 0.328 e. The number of hydrogen-bond acceptors (Lipinski definition) is 3. The molecule has 4 heteroatoms. The highest BCUT2D eigenvalue weighted by Gasteiger charge is 1.99. The highest BCUT2D eigenvalue weighted by molar-refractivity contribution is 5.85. The molecule has 0 heterocycles. The molecule has 16 heavy (non-hydrogen) atoms. The van der Waals surface area contributed by atoms with E-state index in [1.807, 2.05) is 12.1 Å². The summed E-state index contributed by atoms with van der Waals surface area (Å²) in [6, 6.07) is 7.24. The first-order valence-corrected chi connectivity index (χ1v) is 4.86. The van der Waals surface area contributed by atoms with E-state index in [1.54, 1.807) is 19.2 Å². The Morgan fingerprint density at radius 2 is 2.12 bits per heavy atom. The SMILES string of the molecule is COCCOc1ccccc1/C=C/C(=O)O. The van der Waals surface area contributed by atoms with Crippen LogP contribution in [0.15, 0.2) is 30.3 Å². The van der Waals surface area contributed by atoms with Crippen LogP contribution in [-0.4, -0.2) is 31.4 Å². The molecule has 0 fully saturated rings. The van der Waals surface area contributed by atoms with Gasteiger partial charge in [0.25, 0.3) is 0 Å². The van der Waals surface area contributed by atoms with Gasteiger partial charge in [-0.25, -0.2) is 4.79 Å². The monoisotopic (exact) mass is 222 g/mol. The molecule has 1 aromatic rings. The minimum absolute atomic E-state index is 0.439. The summed E-state index contributed by atoms with van der Waals surface area (Å²) in [6.45, 7) is 0.936. The molecule has 0 saturated heterocycles. The lowest BCUT2D eigenvalue weighted by Crippen LogP contribution is -2.05. The van der Waals surface area contributed by atoms with Crippen molar-refractivity contribution in [2.45, 2.75) is 0 Å². The molecule has 0 aliphatic heterocycles. The normalized spacial score (nSPS) is 10.6. The number of carbonyl (C=O) groups is 1. The van der Waals surface area contributed by atoms with Gasteiger partial charge in [0.15, 0.2) is 0 Å². The maximum atomic E-state index is 10.4. The Kier molecular flexibility index (Phi) is 5.08. The third-order valence-electron chi connectivity index (χ3n) is 1.87. The lowest BCUT2D eigenvalue weighted by molar-refractivity contribution is -0.131. The van der Waals surface area contributed by atoms with Gasteiger partial charge >= 0.3 is 5.97 Å². The summed E-state index contributed by atoms with van der Waals surface area (Å²) in [4.78, 5) is 10.4. The minimum Gasteiger partial charge on any atom is -0.491 e. The Morgan fingerprint density at radius 3 is 2.81 bits per heavy atom. The van der Waals surface area contributed by atoms with Crippen LogP contribution >= 0.6 is 0 Å². The van der Waals surface area contributed by atoms with Gasteiger partial charge < -0.3 is 14.6 Å². The van der Waals surface area contributed by atoms with Crippen LogP contribution in [0.2, 0.25) is 0 Å². The number of rotatable bonds is 6. The second-order valence-electron chi connectivity index (χ2n) is 3.05. The fourth-order valence-corrected chi connectivity index (χ4v) is 1.15. The zero-order valence-corrected chi connectivity index (χ0v) is 9.05. The Morgan fingerprint density at radius 1 is 1.38 bits per heavy atom. The number of hydrogen-bond donors (Lipinski definition) is 1. The van der Waals surface area contributed by atoms with Gasteiger partial charge in [0.05, 0.1) is 6.61 Å². The predicted molar refractivity (Wildman–Crippen MR) is 60.5 cm³/mol. The maximum Gasteiger partial charge on any atom is 0.328 e. The number of aliphatic carboxylic acids is 1. The average molecular weight is 222 g/mol. The summed E-state index contributed by atoms with van der Waals surface area (Å²) in [5.74, 6) is -0.330. The molecule has 0 aliphatic rings. The molecule has 86 valence electrons. The molecule has 1 rings (SSSR count). The largest absolute Gasteiger partial charge is 0.491 e. The van der Waals surface area contributed by atoms with Gasteiger partial charge in [0.1, 0.15) is 12.4 Å². The fourth-order valence-electron chi connectivity index (χ4n) is 1.15. The summed E-state index contributed by atoms with van der Waals surface area (Å²) in [7, 11) is 1.60. The summed E-state index contributed by atoms with van der Waals surface area (Å²) >= 11 is 0. The van der Waals surface area contributed by atoms with Gasteiger partial charge in [-0.3, -0.25) is 0 Å². The van der Waals surface area contributed by atoms with Crippen LogP contribution < -0.4 is 4.74 Å². The average Bonchev–Trinajstić information content (AvgIpc) is 2.28. The van der Waals surface area contributed by atoms with E-state index >= 15 is 0 Å². The van der Waals surface area contributed by atoms with Crippen LogP contribution in [-0.2, 0) is 9.53 Å². The molecule has 0 radical (unpaired) electrons. The van der Waals surface area contributed by atoms with E-state index in [0.29, 0.717) is 19.0 Å². The highest BCUT2D eigenvalue weighted by atomic mass is 16.5. The summed E-state index contributed by atoms with van der Waals surface area (Å²) in [6.07, 6.45) is 2.59. The van der Waals surface area contributed by atoms with Crippen molar-refractivity contribution in [2.75, 3.05) is 20.3 Å². The number of methoxy groups -OCH3 is 1. The molecule has 0 aliphatic carbocycles. The van der Waals surface area contributed by atoms with Gasteiger partial charge in [-0.15, -0.1) is 0 Å². The lowest BCUT2D eigenvalue weighted by atomic mass is 10.2. The molecular formula is C12H14O4. The molecule has 0 amide bonds. The first-order valence-electron chi connectivity index (χ1n) is 4.86. The van der Waals surface area contributed by atoms with Crippen molar-refractivity contribution < 1.29 is 19.4 Å². The minimum atomic E-state index is -0.980. The van der Waals surface area contributed by atoms with Crippen molar-refractivity contribution in [2.24, 2.45) is 0 Å². The van der Waals surface area contributed by atoms with E-state index in [0.717, 1.165) is 11.6 Å². The Balaban J connectivity index is 2.71. The fraction of sp³-hybridized carbons (Fsp3) is 0.250. The first-order chi connectivity index (χ1) is 7.74. The second-order valence-corrected chi connectivity index (χ2v) is 3.05. The van der Waals surface area contributed by atoms with Crippen LogP contribution in [0.25, 0.3) is 6.08 Å². The third kappa shape index (κ3) is 4.14. The molecule has 0 unspecified atom stereocenters. The standard InChI is InChI=1S/C12H14O4/c1-15-8-9-16-11-5-3-2-4-10(11)6-7-12(13)14/h2-7H,8-9H2,1H3,(H,13,14)/b7-6+. The van der Waals surface area contributed by atoms with Crippen molar-refractivity contribution in [3.8, 4) is 5.75 Å². The van der Waals surface area contributed by atoms with Gasteiger partial charge in [0, 0.05) is 18.7 Å².